The van der Waals surface area contributed by atoms with Crippen molar-refractivity contribution in [2.75, 3.05) is 5.32 Å². The Labute approximate surface area is 221 Å². The van der Waals surface area contributed by atoms with Gasteiger partial charge in [0.05, 0.1) is 36.4 Å². The number of nitrogens with zero attached hydrogens (tertiary/aromatic N) is 3. The van der Waals surface area contributed by atoms with Gasteiger partial charge in [0, 0.05) is 41.0 Å². The number of ether oxygens (including phenoxy) is 1. The Morgan fingerprint density at radius 2 is 1.95 bits per heavy atom. The van der Waals surface area contributed by atoms with E-state index in [9.17, 15) is 18.0 Å². The summed E-state index contributed by atoms with van der Waals surface area (Å²) in [7, 11) is 0. The van der Waals surface area contributed by atoms with Crippen LogP contribution in [0.2, 0.25) is 0 Å². The van der Waals surface area contributed by atoms with Gasteiger partial charge >= 0.3 is 6.18 Å². The summed E-state index contributed by atoms with van der Waals surface area (Å²) < 4.78 is 51.7. The van der Waals surface area contributed by atoms with Gasteiger partial charge in [0.1, 0.15) is 12.4 Å². The number of alkyl halides is 3. The highest BCUT2D eigenvalue weighted by Crippen LogP contribution is 2.31. The Balaban J connectivity index is 1.32. The molecule has 0 aliphatic heterocycles. The monoisotopic (exact) mass is 532 g/mol. The summed E-state index contributed by atoms with van der Waals surface area (Å²) in [5.41, 5.74) is 4.05. The van der Waals surface area contributed by atoms with E-state index in [1.54, 1.807) is 54.0 Å². The van der Waals surface area contributed by atoms with Gasteiger partial charge in [-0.25, -0.2) is 4.68 Å². The van der Waals surface area contributed by atoms with Crippen molar-refractivity contribution in [2.24, 2.45) is 0 Å². The van der Waals surface area contributed by atoms with E-state index < -0.39 is 17.6 Å². The fourth-order valence-corrected chi connectivity index (χ4v) is 4.04. The van der Waals surface area contributed by atoms with E-state index in [1.807, 2.05) is 25.3 Å². The molecule has 39 heavy (non-hydrogen) atoms. The van der Waals surface area contributed by atoms with Gasteiger partial charge in [0.25, 0.3) is 0 Å². The minimum atomic E-state index is -4.47. The molecular formula is C29H23F3N4O3. The molecule has 0 radical (unpaired) electrons. The molecule has 0 bridgehead atoms. The molecule has 1 N–H and O–H groups in total. The van der Waals surface area contributed by atoms with Crippen LogP contribution in [0.5, 0.6) is 5.75 Å². The molecule has 0 spiro atoms. The molecule has 0 aliphatic carbocycles. The average molecular weight is 533 g/mol. The molecule has 7 nitrogen and oxygen atoms in total. The van der Waals surface area contributed by atoms with E-state index in [-0.39, 0.29) is 12.0 Å². The summed E-state index contributed by atoms with van der Waals surface area (Å²) in [5, 5.41) is 7.26. The van der Waals surface area contributed by atoms with Crippen LogP contribution in [-0.2, 0) is 24.0 Å². The van der Waals surface area contributed by atoms with Gasteiger partial charge in [-0.1, -0.05) is 24.3 Å². The van der Waals surface area contributed by atoms with Crippen molar-refractivity contribution in [2.45, 2.75) is 26.1 Å². The third-order valence-corrected chi connectivity index (χ3v) is 6.01. The molecule has 5 aromatic rings. The summed E-state index contributed by atoms with van der Waals surface area (Å²) >= 11 is 0. The number of anilines is 1. The molecule has 1 amide bonds. The summed E-state index contributed by atoms with van der Waals surface area (Å²) in [6, 6.07) is 13.7. The van der Waals surface area contributed by atoms with Crippen molar-refractivity contribution >= 4 is 11.6 Å². The van der Waals surface area contributed by atoms with Crippen LogP contribution >= 0.6 is 0 Å². The zero-order valence-corrected chi connectivity index (χ0v) is 20.8. The third kappa shape index (κ3) is 6.18. The maximum Gasteiger partial charge on any atom is 0.416 e. The number of amides is 1. The third-order valence-electron chi connectivity index (χ3n) is 6.01. The van der Waals surface area contributed by atoms with Crippen LogP contribution in [-0.4, -0.2) is 20.7 Å². The van der Waals surface area contributed by atoms with Gasteiger partial charge in [0.2, 0.25) is 5.91 Å². The van der Waals surface area contributed by atoms with E-state index in [1.165, 1.54) is 12.1 Å². The molecule has 0 saturated carbocycles. The normalized spacial score (nSPS) is 11.4. The number of hydrogen-bond acceptors (Lipinski definition) is 5. The molecule has 3 aromatic heterocycles. The lowest BCUT2D eigenvalue weighted by molar-refractivity contribution is -0.137. The first-order valence-electron chi connectivity index (χ1n) is 12.0. The lowest BCUT2D eigenvalue weighted by Crippen LogP contribution is -2.15. The fourth-order valence-electron chi connectivity index (χ4n) is 4.04. The molecule has 0 saturated heterocycles. The Bertz CT molecular complexity index is 1590. The standard InChI is InChI=1S/C29H23F3N4O3/c1-19-5-6-24(35-28(37)12-20-3-2-4-23(11-20)29(30,31)32)13-26(19)36-16-22(14-34-36)25-15-33-9-7-27(25)39-18-21-8-10-38-17-21/h2-11,13-17H,12,18H2,1H3,(H,35,37). The molecule has 2 aromatic carbocycles. The highest BCUT2D eigenvalue weighted by molar-refractivity contribution is 5.92. The summed E-state index contributed by atoms with van der Waals surface area (Å²) in [4.78, 5) is 16.8. The summed E-state index contributed by atoms with van der Waals surface area (Å²) in [6.45, 7) is 2.25. The predicted octanol–water partition coefficient (Wildman–Crippen LogP) is 6.61. The van der Waals surface area contributed by atoms with Crippen LogP contribution in [0.25, 0.3) is 16.8 Å². The molecule has 3 heterocycles. The van der Waals surface area contributed by atoms with Crippen molar-refractivity contribution in [3.63, 3.8) is 0 Å². The van der Waals surface area contributed by atoms with Gasteiger partial charge in [-0.3, -0.25) is 9.78 Å². The maximum absolute atomic E-state index is 13.0. The second-order valence-corrected chi connectivity index (χ2v) is 8.89. The van der Waals surface area contributed by atoms with Crippen LogP contribution in [0.15, 0.2) is 96.3 Å². The lowest BCUT2D eigenvalue weighted by Gasteiger charge is -2.12. The number of halogens is 3. The van der Waals surface area contributed by atoms with Gasteiger partial charge < -0.3 is 14.5 Å². The molecule has 5 rings (SSSR count). The van der Waals surface area contributed by atoms with E-state index in [0.717, 1.165) is 40.1 Å². The first-order valence-corrected chi connectivity index (χ1v) is 12.0. The van der Waals surface area contributed by atoms with Crippen molar-refractivity contribution < 1.29 is 27.1 Å². The number of hydrogen-bond donors (Lipinski definition) is 1. The first-order chi connectivity index (χ1) is 18.8. The molecular weight excluding hydrogens is 509 g/mol. The van der Waals surface area contributed by atoms with Crippen molar-refractivity contribution in [1.29, 1.82) is 0 Å². The van der Waals surface area contributed by atoms with Crippen LogP contribution in [0.3, 0.4) is 0 Å². The zero-order valence-electron chi connectivity index (χ0n) is 20.8. The number of carbonyl (C=O) groups is 1. The Hall–Kier alpha value is -4.86. The molecule has 0 unspecified atom stereocenters. The lowest BCUT2D eigenvalue weighted by atomic mass is 10.1. The second kappa shape index (κ2) is 10.9. The first kappa shape index (κ1) is 25.8. The second-order valence-electron chi connectivity index (χ2n) is 8.89. The quantitative estimate of drug-likeness (QED) is 0.243. The SMILES string of the molecule is Cc1ccc(NC(=O)Cc2cccc(C(F)(F)F)c2)cc1-n1cc(-c2cnccc2OCc2ccoc2)cn1. The molecule has 0 fully saturated rings. The molecule has 0 atom stereocenters. The topological polar surface area (TPSA) is 82.2 Å². The predicted molar refractivity (Wildman–Crippen MR) is 138 cm³/mol. The Morgan fingerprint density at radius 1 is 1.08 bits per heavy atom. The number of furan rings is 1. The number of aromatic nitrogens is 3. The minimum absolute atomic E-state index is 0.193. The number of rotatable bonds is 8. The number of pyridine rings is 1. The van der Waals surface area contributed by atoms with Crippen LogP contribution < -0.4 is 10.1 Å². The Kier molecular flexibility index (Phi) is 7.18. The number of aryl methyl sites for hydroxylation is 1. The van der Waals surface area contributed by atoms with E-state index in [2.05, 4.69) is 15.4 Å². The van der Waals surface area contributed by atoms with Crippen molar-refractivity contribution in [1.82, 2.24) is 14.8 Å². The minimum Gasteiger partial charge on any atom is -0.488 e. The van der Waals surface area contributed by atoms with E-state index in [0.29, 0.717) is 18.0 Å². The highest BCUT2D eigenvalue weighted by atomic mass is 19.4. The van der Waals surface area contributed by atoms with Crippen LogP contribution in [0.4, 0.5) is 18.9 Å². The Morgan fingerprint density at radius 3 is 2.74 bits per heavy atom. The van der Waals surface area contributed by atoms with Gasteiger partial charge in [0.15, 0.2) is 0 Å². The largest absolute Gasteiger partial charge is 0.488 e. The average Bonchev–Trinajstić information content (AvgIpc) is 3.61. The molecule has 198 valence electrons. The van der Waals surface area contributed by atoms with Gasteiger partial charge in [-0.2, -0.15) is 18.3 Å². The van der Waals surface area contributed by atoms with Crippen molar-refractivity contribution in [3.8, 4) is 22.6 Å². The number of benzene rings is 2. The van der Waals surface area contributed by atoms with E-state index in [4.69, 9.17) is 9.15 Å². The number of nitrogens with one attached hydrogen (secondary N) is 1. The summed E-state index contributed by atoms with van der Waals surface area (Å²) in [6.07, 6.45) is 5.41. The van der Waals surface area contributed by atoms with E-state index >= 15 is 0 Å². The van der Waals surface area contributed by atoms with Gasteiger partial charge in [-0.15, -0.1) is 0 Å². The highest BCUT2D eigenvalue weighted by Gasteiger charge is 2.30. The van der Waals surface area contributed by atoms with Gasteiger partial charge in [-0.05, 0) is 48.4 Å². The maximum atomic E-state index is 13.0. The zero-order chi connectivity index (χ0) is 27.4. The summed E-state index contributed by atoms with van der Waals surface area (Å²) in [5.74, 6) is 0.207. The van der Waals surface area contributed by atoms with Crippen molar-refractivity contribution in [3.05, 3.63) is 114 Å². The van der Waals surface area contributed by atoms with Crippen LogP contribution in [0, 0.1) is 6.92 Å². The van der Waals surface area contributed by atoms with Crippen LogP contribution in [0.1, 0.15) is 22.3 Å². The smallest absolute Gasteiger partial charge is 0.416 e. The number of carbonyl (C=O) groups excluding carboxylic acids is 1. The molecule has 0 aliphatic rings. The fraction of sp³-hybridized carbons (Fsp3) is 0.138. The molecule has 10 heteroatoms.